The van der Waals surface area contributed by atoms with Crippen molar-refractivity contribution < 1.29 is 0 Å². The van der Waals surface area contributed by atoms with E-state index in [-0.39, 0.29) is 5.41 Å². The zero-order valence-electron chi connectivity index (χ0n) is 8.54. The molecule has 1 aromatic carbocycles. The SMILES string of the molecule is CC(C)(CN)c1cccc2cn[nH]c12. The summed E-state index contributed by atoms with van der Waals surface area (Å²) in [5.74, 6) is 0. The number of nitrogens with two attached hydrogens (primary N) is 1. The van der Waals surface area contributed by atoms with Gasteiger partial charge in [0.1, 0.15) is 0 Å². The molecule has 0 aliphatic heterocycles. The smallest absolute Gasteiger partial charge is 0.0688 e. The van der Waals surface area contributed by atoms with Crippen LogP contribution in [0.2, 0.25) is 0 Å². The summed E-state index contributed by atoms with van der Waals surface area (Å²) in [6, 6.07) is 6.20. The van der Waals surface area contributed by atoms with Gasteiger partial charge < -0.3 is 5.73 Å². The van der Waals surface area contributed by atoms with Crippen molar-refractivity contribution >= 4 is 10.9 Å². The molecule has 0 amide bonds. The summed E-state index contributed by atoms with van der Waals surface area (Å²) in [7, 11) is 0. The van der Waals surface area contributed by atoms with Crippen molar-refractivity contribution in [3.05, 3.63) is 30.0 Å². The van der Waals surface area contributed by atoms with Crippen LogP contribution in [0, 0.1) is 0 Å². The Kier molecular flexibility index (Phi) is 2.04. The van der Waals surface area contributed by atoms with E-state index in [9.17, 15) is 0 Å². The predicted molar refractivity (Wildman–Crippen MR) is 58.2 cm³/mol. The van der Waals surface area contributed by atoms with Crippen LogP contribution in [0.25, 0.3) is 10.9 Å². The monoisotopic (exact) mass is 189 g/mol. The first-order valence-corrected chi connectivity index (χ1v) is 4.78. The number of benzene rings is 1. The van der Waals surface area contributed by atoms with Crippen LogP contribution in [-0.4, -0.2) is 16.7 Å². The van der Waals surface area contributed by atoms with Crippen LogP contribution < -0.4 is 5.73 Å². The number of rotatable bonds is 2. The van der Waals surface area contributed by atoms with Crippen molar-refractivity contribution in [1.82, 2.24) is 10.2 Å². The second kappa shape index (κ2) is 3.10. The van der Waals surface area contributed by atoms with Gasteiger partial charge in [-0.15, -0.1) is 0 Å². The molecule has 0 saturated carbocycles. The number of H-pyrrole nitrogens is 1. The molecule has 0 atom stereocenters. The van der Waals surface area contributed by atoms with Crippen molar-refractivity contribution in [1.29, 1.82) is 0 Å². The van der Waals surface area contributed by atoms with Gasteiger partial charge in [-0.25, -0.2) is 0 Å². The van der Waals surface area contributed by atoms with Crippen molar-refractivity contribution in [3.8, 4) is 0 Å². The Bertz CT molecular complexity index is 442. The molecule has 0 aliphatic rings. The maximum absolute atomic E-state index is 5.76. The zero-order chi connectivity index (χ0) is 10.2. The quantitative estimate of drug-likeness (QED) is 0.756. The Balaban J connectivity index is 2.67. The highest BCUT2D eigenvalue weighted by atomic mass is 15.1. The fraction of sp³-hybridized carbons (Fsp3) is 0.364. The van der Waals surface area contributed by atoms with Gasteiger partial charge in [0, 0.05) is 17.3 Å². The second-order valence-corrected chi connectivity index (χ2v) is 4.23. The first-order chi connectivity index (χ1) is 6.65. The van der Waals surface area contributed by atoms with Crippen LogP contribution in [0.1, 0.15) is 19.4 Å². The summed E-state index contributed by atoms with van der Waals surface area (Å²) in [5.41, 5.74) is 8.09. The number of aromatic nitrogens is 2. The maximum Gasteiger partial charge on any atom is 0.0688 e. The van der Waals surface area contributed by atoms with Gasteiger partial charge in [-0.05, 0) is 5.56 Å². The molecule has 3 N–H and O–H groups in total. The highest BCUT2D eigenvalue weighted by Gasteiger charge is 2.21. The van der Waals surface area contributed by atoms with Gasteiger partial charge in [-0.1, -0.05) is 32.0 Å². The lowest BCUT2D eigenvalue weighted by atomic mass is 9.84. The van der Waals surface area contributed by atoms with Crippen molar-refractivity contribution in [2.75, 3.05) is 6.54 Å². The number of fused-ring (bicyclic) bond motifs is 1. The van der Waals surface area contributed by atoms with Crippen LogP contribution >= 0.6 is 0 Å². The number of hydrogen-bond donors (Lipinski definition) is 2. The average Bonchev–Trinajstić information content (AvgIpc) is 2.64. The topological polar surface area (TPSA) is 54.7 Å². The van der Waals surface area contributed by atoms with Gasteiger partial charge >= 0.3 is 0 Å². The summed E-state index contributed by atoms with van der Waals surface area (Å²) < 4.78 is 0. The Morgan fingerprint density at radius 1 is 1.43 bits per heavy atom. The summed E-state index contributed by atoms with van der Waals surface area (Å²) in [6.45, 7) is 4.91. The molecule has 2 aromatic rings. The standard InChI is InChI=1S/C11H15N3/c1-11(2,7-12)9-5-3-4-8-6-13-14-10(8)9/h3-6H,7,12H2,1-2H3,(H,13,14). The molecule has 0 saturated heterocycles. The summed E-state index contributed by atoms with van der Waals surface area (Å²) >= 11 is 0. The third-order valence-electron chi connectivity index (χ3n) is 2.72. The first-order valence-electron chi connectivity index (χ1n) is 4.78. The summed E-state index contributed by atoms with van der Waals surface area (Å²) in [5, 5.41) is 8.21. The van der Waals surface area contributed by atoms with E-state index in [2.05, 4.69) is 36.2 Å². The van der Waals surface area contributed by atoms with Gasteiger partial charge in [-0.2, -0.15) is 5.10 Å². The number of hydrogen-bond acceptors (Lipinski definition) is 2. The van der Waals surface area contributed by atoms with Crippen LogP contribution in [0.4, 0.5) is 0 Å². The van der Waals surface area contributed by atoms with Gasteiger partial charge in [0.05, 0.1) is 11.7 Å². The molecular weight excluding hydrogens is 174 g/mol. The van der Waals surface area contributed by atoms with Gasteiger partial charge in [0.2, 0.25) is 0 Å². The van der Waals surface area contributed by atoms with E-state index < -0.39 is 0 Å². The molecule has 3 nitrogen and oxygen atoms in total. The first kappa shape index (κ1) is 9.21. The molecule has 1 aromatic heterocycles. The summed E-state index contributed by atoms with van der Waals surface area (Å²) in [4.78, 5) is 0. The molecule has 14 heavy (non-hydrogen) atoms. The van der Waals surface area contributed by atoms with E-state index in [1.165, 1.54) is 5.56 Å². The number of aromatic amines is 1. The second-order valence-electron chi connectivity index (χ2n) is 4.23. The third-order valence-corrected chi connectivity index (χ3v) is 2.72. The van der Waals surface area contributed by atoms with Crippen molar-refractivity contribution in [2.24, 2.45) is 5.73 Å². The third kappa shape index (κ3) is 1.30. The molecule has 0 fully saturated rings. The van der Waals surface area contributed by atoms with E-state index in [1.54, 1.807) is 0 Å². The minimum absolute atomic E-state index is 0.00789. The van der Waals surface area contributed by atoms with Gasteiger partial charge in [0.25, 0.3) is 0 Å². The normalized spacial score (nSPS) is 12.2. The predicted octanol–water partition coefficient (Wildman–Crippen LogP) is 1.80. The number of nitrogens with zero attached hydrogens (tertiary/aromatic N) is 1. The molecule has 0 unspecified atom stereocenters. The van der Waals surface area contributed by atoms with E-state index >= 15 is 0 Å². The Hall–Kier alpha value is -1.35. The number of nitrogens with one attached hydrogen (secondary N) is 1. The molecule has 0 spiro atoms. The number of para-hydroxylation sites is 1. The van der Waals surface area contributed by atoms with Crippen molar-refractivity contribution in [2.45, 2.75) is 19.3 Å². The Morgan fingerprint density at radius 3 is 2.93 bits per heavy atom. The molecule has 74 valence electrons. The summed E-state index contributed by atoms with van der Waals surface area (Å²) in [6.07, 6.45) is 1.84. The van der Waals surface area contributed by atoms with Crippen LogP contribution in [0.3, 0.4) is 0 Å². The van der Waals surface area contributed by atoms with E-state index in [0.717, 1.165) is 10.9 Å². The Morgan fingerprint density at radius 2 is 2.21 bits per heavy atom. The lowest BCUT2D eigenvalue weighted by molar-refractivity contribution is 0.542. The minimum atomic E-state index is -0.00789. The molecule has 0 radical (unpaired) electrons. The van der Waals surface area contributed by atoms with Gasteiger partial charge in [0.15, 0.2) is 0 Å². The average molecular weight is 189 g/mol. The largest absolute Gasteiger partial charge is 0.330 e. The molecule has 1 heterocycles. The highest BCUT2D eigenvalue weighted by Crippen LogP contribution is 2.27. The Labute approximate surface area is 83.3 Å². The highest BCUT2D eigenvalue weighted by molar-refractivity contribution is 5.82. The zero-order valence-corrected chi connectivity index (χ0v) is 8.54. The lowest BCUT2D eigenvalue weighted by Crippen LogP contribution is -2.28. The fourth-order valence-corrected chi connectivity index (χ4v) is 1.64. The van der Waals surface area contributed by atoms with Crippen LogP contribution in [0.15, 0.2) is 24.4 Å². The molecule has 0 aliphatic carbocycles. The molecule has 0 bridgehead atoms. The van der Waals surface area contributed by atoms with Crippen LogP contribution in [-0.2, 0) is 5.41 Å². The fourth-order valence-electron chi connectivity index (χ4n) is 1.64. The lowest BCUT2D eigenvalue weighted by Gasteiger charge is -2.23. The van der Waals surface area contributed by atoms with E-state index in [0.29, 0.717) is 6.54 Å². The molecule has 2 rings (SSSR count). The minimum Gasteiger partial charge on any atom is -0.330 e. The molecular formula is C11H15N3. The van der Waals surface area contributed by atoms with Gasteiger partial charge in [-0.3, -0.25) is 5.10 Å². The van der Waals surface area contributed by atoms with Crippen molar-refractivity contribution in [3.63, 3.8) is 0 Å². The van der Waals surface area contributed by atoms with E-state index in [1.807, 2.05) is 12.3 Å². The van der Waals surface area contributed by atoms with E-state index in [4.69, 9.17) is 5.73 Å². The maximum atomic E-state index is 5.76. The van der Waals surface area contributed by atoms with Crippen LogP contribution in [0.5, 0.6) is 0 Å². The molecule has 3 heteroatoms.